The minimum atomic E-state index is -0.619. The summed E-state index contributed by atoms with van der Waals surface area (Å²) in [5, 5.41) is 5.77. The maximum absolute atomic E-state index is 10.3. The molecule has 0 fully saturated rings. The average Bonchev–Trinajstić information content (AvgIpc) is 1.99. The first-order valence-electron chi connectivity index (χ1n) is 2.81. The molecular formula is C5H9CaCl3N2O2. The molecule has 0 radical (unpaired) electrons. The Morgan fingerprint density at radius 2 is 2.00 bits per heavy atom. The first-order valence-corrected chi connectivity index (χ1v) is 3.19. The monoisotopic (exact) mass is 274 g/mol. The van der Waals surface area contributed by atoms with Crippen LogP contribution >= 0.6 is 11.6 Å². The standard InChI is InChI=1S/C5H9ClN2O2.Ca.2ClH/c1-3-4(6)8-10-5(9)7-2;;;/h3H2,1-2H3,(H,7,9);;2*1H/q;+2;;/p-2/b8-4+;;;. The Morgan fingerprint density at radius 1 is 1.54 bits per heavy atom. The zero-order valence-corrected chi connectivity index (χ0v) is 11.8. The van der Waals surface area contributed by atoms with Crippen molar-refractivity contribution in [2.45, 2.75) is 13.3 Å². The van der Waals surface area contributed by atoms with E-state index < -0.39 is 6.09 Å². The Bertz CT molecular complexity index is 157. The van der Waals surface area contributed by atoms with Crippen LogP contribution in [0, 0.1) is 0 Å². The van der Waals surface area contributed by atoms with Crippen molar-refractivity contribution in [2.24, 2.45) is 5.16 Å². The smallest absolute Gasteiger partial charge is 1.00 e. The fourth-order valence-electron chi connectivity index (χ4n) is 0.201. The third-order valence-electron chi connectivity index (χ3n) is 0.723. The van der Waals surface area contributed by atoms with E-state index in [0.717, 1.165) is 0 Å². The number of amides is 1. The normalized spacial score (nSPS) is 8.38. The average molecular weight is 276 g/mol. The minimum Gasteiger partial charge on any atom is -1.00 e. The van der Waals surface area contributed by atoms with Crippen LogP contribution in [0.3, 0.4) is 0 Å². The van der Waals surface area contributed by atoms with E-state index in [1.165, 1.54) is 7.05 Å². The van der Waals surface area contributed by atoms with Crippen LogP contribution in [0.1, 0.15) is 13.3 Å². The molecule has 0 aromatic heterocycles. The molecule has 0 aromatic rings. The van der Waals surface area contributed by atoms with E-state index in [0.29, 0.717) is 6.42 Å². The molecular weight excluding hydrogens is 267 g/mol. The number of carbonyl (C=O) groups excluding carboxylic acids is 1. The summed E-state index contributed by atoms with van der Waals surface area (Å²) in [4.78, 5) is 14.6. The number of halogens is 3. The summed E-state index contributed by atoms with van der Waals surface area (Å²) in [6.07, 6.45) is -0.0648. The fourth-order valence-corrected chi connectivity index (χ4v) is 0.236. The summed E-state index contributed by atoms with van der Waals surface area (Å²) in [6.45, 7) is 1.80. The first kappa shape index (κ1) is 23.7. The van der Waals surface area contributed by atoms with Crippen LogP contribution in [0.4, 0.5) is 4.79 Å². The summed E-state index contributed by atoms with van der Waals surface area (Å²) in [7, 11) is 1.44. The second kappa shape index (κ2) is 15.5. The molecule has 0 aromatic carbocycles. The van der Waals surface area contributed by atoms with Gasteiger partial charge in [0.05, 0.1) is 0 Å². The van der Waals surface area contributed by atoms with Crippen LogP contribution in [0.5, 0.6) is 0 Å². The summed E-state index contributed by atoms with van der Waals surface area (Å²) >= 11 is 5.41. The zero-order valence-electron chi connectivity index (χ0n) is 7.31. The van der Waals surface area contributed by atoms with Crippen LogP contribution in [0.2, 0.25) is 0 Å². The largest absolute Gasteiger partial charge is 2.00 e. The second-order valence-electron chi connectivity index (χ2n) is 1.45. The van der Waals surface area contributed by atoms with Gasteiger partial charge in [0.15, 0.2) is 0 Å². The number of carbonyl (C=O) groups is 1. The van der Waals surface area contributed by atoms with Crippen LogP contribution in [-0.2, 0) is 4.84 Å². The first-order chi connectivity index (χ1) is 4.70. The molecule has 0 saturated heterocycles. The summed E-state index contributed by atoms with van der Waals surface area (Å²) in [5.74, 6) is 0. The Labute approximate surface area is 125 Å². The molecule has 0 heterocycles. The third-order valence-corrected chi connectivity index (χ3v) is 1.06. The number of oxime groups is 1. The molecule has 74 valence electrons. The van der Waals surface area contributed by atoms with E-state index in [-0.39, 0.29) is 67.7 Å². The van der Waals surface area contributed by atoms with Crippen molar-refractivity contribution in [1.82, 2.24) is 5.32 Å². The Balaban J connectivity index is -0.000000135. The Morgan fingerprint density at radius 3 is 2.31 bits per heavy atom. The van der Waals surface area contributed by atoms with Crippen LogP contribution < -0.4 is 30.1 Å². The molecule has 0 spiro atoms. The predicted octanol–water partition coefficient (Wildman–Crippen LogP) is -5.07. The molecule has 0 saturated carbocycles. The van der Waals surface area contributed by atoms with E-state index in [2.05, 4.69) is 15.3 Å². The zero-order chi connectivity index (χ0) is 7.98. The topological polar surface area (TPSA) is 50.7 Å². The van der Waals surface area contributed by atoms with E-state index >= 15 is 0 Å². The van der Waals surface area contributed by atoms with Crippen molar-refractivity contribution >= 4 is 60.6 Å². The van der Waals surface area contributed by atoms with Gasteiger partial charge in [-0.2, -0.15) is 0 Å². The van der Waals surface area contributed by atoms with Gasteiger partial charge in [-0.25, -0.2) is 4.79 Å². The van der Waals surface area contributed by atoms with Crippen molar-refractivity contribution in [3.8, 4) is 0 Å². The van der Waals surface area contributed by atoms with Gasteiger partial charge in [-0.15, -0.1) is 0 Å². The maximum Gasteiger partial charge on any atom is 2.00 e. The summed E-state index contributed by atoms with van der Waals surface area (Å²) < 4.78 is 0. The molecule has 8 heteroatoms. The molecule has 0 rings (SSSR count). The molecule has 1 amide bonds. The molecule has 0 aliphatic rings. The van der Waals surface area contributed by atoms with Crippen LogP contribution in [-0.4, -0.2) is 56.1 Å². The van der Waals surface area contributed by atoms with Crippen molar-refractivity contribution in [3.63, 3.8) is 0 Å². The number of nitrogens with zero attached hydrogens (tertiary/aromatic N) is 1. The van der Waals surface area contributed by atoms with Crippen molar-refractivity contribution in [1.29, 1.82) is 0 Å². The van der Waals surface area contributed by atoms with Gasteiger partial charge in [0.25, 0.3) is 0 Å². The fraction of sp³-hybridized carbons (Fsp3) is 0.600. The maximum atomic E-state index is 10.3. The molecule has 0 aliphatic heterocycles. The summed E-state index contributed by atoms with van der Waals surface area (Å²) in [6, 6.07) is 0. The molecule has 13 heavy (non-hydrogen) atoms. The van der Waals surface area contributed by atoms with E-state index in [1.807, 2.05) is 0 Å². The van der Waals surface area contributed by atoms with Gasteiger partial charge < -0.3 is 30.1 Å². The number of rotatable bonds is 2. The molecule has 1 N–H and O–H groups in total. The van der Waals surface area contributed by atoms with Crippen LogP contribution in [0.15, 0.2) is 5.16 Å². The van der Waals surface area contributed by atoms with Crippen molar-refractivity contribution in [2.75, 3.05) is 7.05 Å². The number of hydrogen-bond acceptors (Lipinski definition) is 3. The van der Waals surface area contributed by atoms with Gasteiger partial charge in [-0.1, -0.05) is 23.7 Å². The predicted molar refractivity (Wildman–Crippen MR) is 44.9 cm³/mol. The third kappa shape index (κ3) is 15.8. The van der Waals surface area contributed by atoms with Gasteiger partial charge in [-0.05, 0) is 0 Å². The van der Waals surface area contributed by atoms with Gasteiger partial charge in [0, 0.05) is 13.5 Å². The number of nitrogens with one attached hydrogen (secondary N) is 1. The summed E-state index contributed by atoms with van der Waals surface area (Å²) in [5.41, 5.74) is 0. The molecule has 4 nitrogen and oxygen atoms in total. The van der Waals surface area contributed by atoms with E-state index in [9.17, 15) is 4.79 Å². The van der Waals surface area contributed by atoms with Gasteiger partial charge in [-0.3, -0.25) is 4.84 Å². The van der Waals surface area contributed by atoms with E-state index in [1.54, 1.807) is 6.92 Å². The SMILES string of the molecule is CC/C(Cl)=N\OC(=O)NC.[Ca+2].[Cl-].[Cl-]. The molecule has 0 bridgehead atoms. The van der Waals surface area contributed by atoms with Gasteiger partial charge in [0.2, 0.25) is 0 Å². The van der Waals surface area contributed by atoms with Crippen molar-refractivity contribution in [3.05, 3.63) is 0 Å². The van der Waals surface area contributed by atoms with Gasteiger partial charge >= 0.3 is 43.8 Å². The minimum absolute atomic E-state index is 0. The molecule has 0 aliphatic carbocycles. The molecule has 0 atom stereocenters. The van der Waals surface area contributed by atoms with Crippen molar-refractivity contribution < 1.29 is 34.4 Å². The number of hydrogen-bond donors (Lipinski definition) is 1. The molecule has 0 unspecified atom stereocenters. The second-order valence-corrected chi connectivity index (χ2v) is 1.89. The van der Waals surface area contributed by atoms with Gasteiger partial charge in [0.1, 0.15) is 5.17 Å². The quantitative estimate of drug-likeness (QED) is 0.237. The Kier molecular flexibility index (Phi) is 28.3. The van der Waals surface area contributed by atoms with E-state index in [4.69, 9.17) is 11.6 Å². The Hall–Kier alpha value is 1.07. The van der Waals surface area contributed by atoms with Crippen LogP contribution in [0.25, 0.3) is 0 Å².